The SMILES string of the molecule is Cc1csc(COc2ccc3oc(C)c(C(=O)O)c3c2)n1. The van der Waals surface area contributed by atoms with E-state index in [-0.39, 0.29) is 5.56 Å². The first-order chi connectivity index (χ1) is 10.0. The molecule has 6 heteroatoms. The molecule has 0 spiro atoms. The molecule has 1 N–H and O–H groups in total. The molecule has 0 aliphatic heterocycles. The van der Waals surface area contributed by atoms with Crippen molar-refractivity contribution >= 4 is 28.3 Å². The Labute approximate surface area is 124 Å². The van der Waals surface area contributed by atoms with E-state index in [4.69, 9.17) is 9.15 Å². The van der Waals surface area contributed by atoms with E-state index in [1.54, 1.807) is 25.1 Å². The Kier molecular flexibility index (Phi) is 3.39. The maximum absolute atomic E-state index is 11.3. The molecule has 0 unspecified atom stereocenters. The summed E-state index contributed by atoms with van der Waals surface area (Å²) < 4.78 is 11.1. The number of aromatic nitrogens is 1. The van der Waals surface area contributed by atoms with E-state index in [2.05, 4.69) is 4.98 Å². The van der Waals surface area contributed by atoms with Gasteiger partial charge in [-0.3, -0.25) is 0 Å². The highest BCUT2D eigenvalue weighted by Crippen LogP contribution is 2.29. The first kappa shape index (κ1) is 13.6. The number of fused-ring (bicyclic) bond motifs is 1. The molecule has 3 aromatic rings. The number of carboxylic acid groups (broad SMARTS) is 1. The predicted octanol–water partition coefficient (Wildman–Crippen LogP) is 3.78. The van der Waals surface area contributed by atoms with E-state index in [0.717, 1.165) is 10.7 Å². The first-order valence-electron chi connectivity index (χ1n) is 6.35. The fourth-order valence-corrected chi connectivity index (χ4v) is 2.85. The van der Waals surface area contributed by atoms with E-state index < -0.39 is 5.97 Å². The Hall–Kier alpha value is -2.34. The van der Waals surface area contributed by atoms with Crippen LogP contribution in [0.5, 0.6) is 5.75 Å². The van der Waals surface area contributed by atoms with E-state index >= 15 is 0 Å². The molecule has 2 aromatic heterocycles. The molecule has 0 saturated heterocycles. The fourth-order valence-electron chi connectivity index (χ4n) is 2.17. The molecule has 0 bridgehead atoms. The number of carbonyl (C=O) groups is 1. The van der Waals surface area contributed by atoms with Gasteiger partial charge in [0, 0.05) is 16.5 Å². The highest BCUT2D eigenvalue weighted by Gasteiger charge is 2.17. The Balaban J connectivity index is 1.89. The van der Waals surface area contributed by atoms with E-state index in [9.17, 15) is 9.90 Å². The second-order valence-electron chi connectivity index (χ2n) is 4.67. The lowest BCUT2D eigenvalue weighted by atomic mass is 10.1. The van der Waals surface area contributed by atoms with Crippen LogP contribution >= 0.6 is 11.3 Å². The third kappa shape index (κ3) is 2.62. The number of carboxylic acids is 1. The standard InChI is InChI=1S/C15H13NO4S/c1-8-7-21-13(16-8)6-19-10-3-4-12-11(5-10)14(15(17)18)9(2)20-12/h3-5,7H,6H2,1-2H3,(H,17,18). The van der Waals surface area contributed by atoms with Gasteiger partial charge in [0.05, 0.1) is 0 Å². The molecule has 108 valence electrons. The molecule has 5 nitrogen and oxygen atoms in total. The van der Waals surface area contributed by atoms with E-state index in [1.807, 2.05) is 12.3 Å². The van der Waals surface area contributed by atoms with Crippen LogP contribution in [0.2, 0.25) is 0 Å². The zero-order valence-corrected chi connectivity index (χ0v) is 12.4. The number of hydrogen-bond acceptors (Lipinski definition) is 5. The lowest BCUT2D eigenvalue weighted by molar-refractivity contribution is 0.0697. The molecule has 2 heterocycles. The fraction of sp³-hybridized carbons (Fsp3) is 0.200. The van der Waals surface area contributed by atoms with Crippen LogP contribution in [0.1, 0.15) is 26.8 Å². The smallest absolute Gasteiger partial charge is 0.339 e. The third-order valence-electron chi connectivity index (χ3n) is 3.08. The van der Waals surface area contributed by atoms with Crippen LogP contribution in [0.15, 0.2) is 28.0 Å². The molecule has 0 saturated carbocycles. The Morgan fingerprint density at radius 1 is 1.43 bits per heavy atom. The highest BCUT2D eigenvalue weighted by molar-refractivity contribution is 7.09. The van der Waals surface area contributed by atoms with Crippen molar-refractivity contribution in [2.75, 3.05) is 0 Å². The average Bonchev–Trinajstić information content (AvgIpc) is 2.98. The molecule has 0 radical (unpaired) electrons. The summed E-state index contributed by atoms with van der Waals surface area (Å²) in [7, 11) is 0. The molecule has 3 rings (SSSR count). The van der Waals surface area contributed by atoms with Crippen LogP contribution < -0.4 is 4.74 Å². The van der Waals surface area contributed by atoms with E-state index in [0.29, 0.717) is 29.1 Å². The van der Waals surface area contributed by atoms with Gasteiger partial charge in [0.1, 0.15) is 34.3 Å². The van der Waals surface area contributed by atoms with Gasteiger partial charge in [-0.2, -0.15) is 0 Å². The van der Waals surface area contributed by atoms with Crippen LogP contribution in [-0.4, -0.2) is 16.1 Å². The summed E-state index contributed by atoms with van der Waals surface area (Å²) in [5.74, 6) is -0.0113. The van der Waals surface area contributed by atoms with Crippen LogP contribution in [0.3, 0.4) is 0 Å². The maximum atomic E-state index is 11.3. The van der Waals surface area contributed by atoms with Gasteiger partial charge in [0.15, 0.2) is 0 Å². The number of rotatable bonds is 4. The summed E-state index contributed by atoms with van der Waals surface area (Å²) in [6.45, 7) is 3.94. The number of benzene rings is 1. The Bertz CT molecular complexity index is 818. The average molecular weight is 303 g/mol. The third-order valence-corrected chi connectivity index (χ3v) is 4.02. The summed E-state index contributed by atoms with van der Waals surface area (Å²) in [6, 6.07) is 5.17. The van der Waals surface area contributed by atoms with Crippen molar-refractivity contribution in [3.05, 3.63) is 45.6 Å². The van der Waals surface area contributed by atoms with Crippen molar-refractivity contribution in [1.82, 2.24) is 4.98 Å². The molecule has 0 amide bonds. The minimum atomic E-state index is -1.00. The van der Waals surface area contributed by atoms with Gasteiger partial charge < -0.3 is 14.3 Å². The zero-order chi connectivity index (χ0) is 15.0. The number of aromatic carboxylic acids is 1. The second-order valence-corrected chi connectivity index (χ2v) is 5.61. The van der Waals surface area contributed by atoms with Gasteiger partial charge in [-0.25, -0.2) is 9.78 Å². The van der Waals surface area contributed by atoms with Crippen molar-refractivity contribution in [1.29, 1.82) is 0 Å². The maximum Gasteiger partial charge on any atom is 0.339 e. The van der Waals surface area contributed by atoms with Crippen molar-refractivity contribution in [2.45, 2.75) is 20.5 Å². The van der Waals surface area contributed by atoms with Crippen molar-refractivity contribution in [2.24, 2.45) is 0 Å². The molecule has 0 atom stereocenters. The van der Waals surface area contributed by atoms with E-state index in [1.165, 1.54) is 11.3 Å². The number of thiazole rings is 1. The molecule has 0 aliphatic rings. The van der Waals surface area contributed by atoms with Gasteiger partial charge in [0.2, 0.25) is 0 Å². The van der Waals surface area contributed by atoms with Crippen molar-refractivity contribution in [3.63, 3.8) is 0 Å². The quantitative estimate of drug-likeness (QED) is 0.794. The van der Waals surface area contributed by atoms with Crippen LogP contribution in [0.4, 0.5) is 0 Å². The normalized spacial score (nSPS) is 11.0. The number of nitrogens with zero attached hydrogens (tertiary/aromatic N) is 1. The first-order valence-corrected chi connectivity index (χ1v) is 7.23. The summed E-state index contributed by atoms with van der Waals surface area (Å²) in [4.78, 5) is 15.6. The number of hydrogen-bond donors (Lipinski definition) is 1. The number of ether oxygens (including phenoxy) is 1. The Morgan fingerprint density at radius 2 is 2.24 bits per heavy atom. The van der Waals surface area contributed by atoms with Crippen LogP contribution in [-0.2, 0) is 6.61 Å². The molecule has 0 fully saturated rings. The minimum Gasteiger partial charge on any atom is -0.486 e. The minimum absolute atomic E-state index is 0.181. The highest BCUT2D eigenvalue weighted by atomic mass is 32.1. The predicted molar refractivity (Wildman–Crippen MR) is 79.1 cm³/mol. The summed E-state index contributed by atoms with van der Waals surface area (Å²) in [6.07, 6.45) is 0. The van der Waals surface area contributed by atoms with Gasteiger partial charge >= 0.3 is 5.97 Å². The summed E-state index contributed by atoms with van der Waals surface area (Å²) >= 11 is 1.54. The van der Waals surface area contributed by atoms with Crippen molar-refractivity contribution < 1.29 is 19.1 Å². The largest absolute Gasteiger partial charge is 0.486 e. The lowest BCUT2D eigenvalue weighted by Gasteiger charge is -2.03. The lowest BCUT2D eigenvalue weighted by Crippen LogP contribution is -1.97. The van der Waals surface area contributed by atoms with Gasteiger partial charge in [-0.05, 0) is 32.0 Å². The molecule has 1 aromatic carbocycles. The molecule has 0 aliphatic carbocycles. The van der Waals surface area contributed by atoms with Crippen LogP contribution in [0.25, 0.3) is 11.0 Å². The number of furan rings is 1. The van der Waals surface area contributed by atoms with Gasteiger partial charge in [-0.1, -0.05) is 0 Å². The molecular weight excluding hydrogens is 290 g/mol. The van der Waals surface area contributed by atoms with Gasteiger partial charge in [0.25, 0.3) is 0 Å². The zero-order valence-electron chi connectivity index (χ0n) is 11.5. The molecular formula is C15H13NO4S. The Morgan fingerprint density at radius 3 is 2.90 bits per heavy atom. The van der Waals surface area contributed by atoms with Crippen molar-refractivity contribution in [3.8, 4) is 5.75 Å². The number of aryl methyl sites for hydroxylation is 2. The monoisotopic (exact) mass is 303 g/mol. The summed E-state index contributed by atoms with van der Waals surface area (Å²) in [5.41, 5.74) is 1.69. The summed E-state index contributed by atoms with van der Waals surface area (Å²) in [5, 5.41) is 12.6. The van der Waals surface area contributed by atoms with Gasteiger partial charge in [-0.15, -0.1) is 11.3 Å². The van der Waals surface area contributed by atoms with Crippen LogP contribution in [0, 0.1) is 13.8 Å². The molecule has 21 heavy (non-hydrogen) atoms. The topological polar surface area (TPSA) is 72.6 Å². The second kappa shape index (κ2) is 5.21.